The van der Waals surface area contributed by atoms with Gasteiger partial charge in [-0.1, -0.05) is 18.2 Å². The highest BCUT2D eigenvalue weighted by molar-refractivity contribution is 5.62. The fraction of sp³-hybridized carbons (Fsp3) is 0.294. The van der Waals surface area contributed by atoms with Gasteiger partial charge in [-0.15, -0.1) is 0 Å². The van der Waals surface area contributed by atoms with Gasteiger partial charge in [-0.2, -0.15) is 0 Å². The average molecular weight is 284 g/mol. The summed E-state index contributed by atoms with van der Waals surface area (Å²) in [5.41, 5.74) is 3.39. The lowest BCUT2D eigenvalue weighted by Crippen LogP contribution is -2.22. The largest absolute Gasteiger partial charge is 0.497 e. The Hall–Kier alpha value is -2.36. The Balaban J connectivity index is 1.82. The lowest BCUT2D eigenvalue weighted by Gasteiger charge is -2.25. The first-order valence-corrected chi connectivity index (χ1v) is 7.11. The van der Waals surface area contributed by atoms with Crippen LogP contribution >= 0.6 is 0 Å². The van der Waals surface area contributed by atoms with Crippen molar-refractivity contribution < 1.29 is 9.47 Å². The molecule has 4 nitrogen and oxygen atoms in total. The smallest absolute Gasteiger partial charge is 0.147 e. The first kappa shape index (κ1) is 13.6. The van der Waals surface area contributed by atoms with E-state index < -0.39 is 0 Å². The van der Waals surface area contributed by atoms with Crippen molar-refractivity contribution in [3.63, 3.8) is 0 Å². The predicted octanol–water partition coefficient (Wildman–Crippen LogP) is 3.14. The van der Waals surface area contributed by atoms with Crippen LogP contribution in [0.5, 0.6) is 11.5 Å². The maximum atomic E-state index is 5.82. The molecule has 0 saturated heterocycles. The molecule has 0 aliphatic carbocycles. The average Bonchev–Trinajstić information content (AvgIpc) is 2.55. The van der Waals surface area contributed by atoms with Crippen LogP contribution in [0.25, 0.3) is 0 Å². The van der Waals surface area contributed by atoms with Gasteiger partial charge in [0.05, 0.1) is 12.8 Å². The van der Waals surface area contributed by atoms with E-state index in [4.69, 9.17) is 9.47 Å². The zero-order valence-electron chi connectivity index (χ0n) is 12.4. The van der Waals surface area contributed by atoms with Crippen molar-refractivity contribution in [3.05, 3.63) is 48.0 Å². The monoisotopic (exact) mass is 284 g/mol. The second-order valence-corrected chi connectivity index (χ2v) is 5.13. The van der Waals surface area contributed by atoms with Crippen molar-refractivity contribution in [2.75, 3.05) is 37.5 Å². The highest BCUT2D eigenvalue weighted by atomic mass is 16.5. The molecule has 3 rings (SSSR count). The minimum atomic E-state index is 0.715. The van der Waals surface area contributed by atoms with E-state index in [1.807, 2.05) is 18.2 Å². The lowest BCUT2D eigenvalue weighted by atomic mass is 10.1. The van der Waals surface area contributed by atoms with E-state index in [1.54, 1.807) is 7.11 Å². The van der Waals surface area contributed by atoms with Gasteiger partial charge in [0.1, 0.15) is 18.1 Å². The summed E-state index contributed by atoms with van der Waals surface area (Å²) in [6, 6.07) is 14.3. The summed E-state index contributed by atoms with van der Waals surface area (Å²) >= 11 is 0. The van der Waals surface area contributed by atoms with E-state index in [0.717, 1.165) is 36.0 Å². The van der Waals surface area contributed by atoms with Crippen molar-refractivity contribution in [3.8, 4) is 11.5 Å². The van der Waals surface area contributed by atoms with Gasteiger partial charge in [-0.25, -0.2) is 0 Å². The Bertz CT molecular complexity index is 628. The minimum Gasteiger partial charge on any atom is -0.497 e. The van der Waals surface area contributed by atoms with Crippen molar-refractivity contribution in [1.82, 2.24) is 0 Å². The topological polar surface area (TPSA) is 33.7 Å². The molecule has 0 saturated carbocycles. The molecule has 0 bridgehead atoms. The Morgan fingerprint density at radius 1 is 1.24 bits per heavy atom. The molecule has 0 unspecified atom stereocenters. The van der Waals surface area contributed by atoms with Crippen LogP contribution in [-0.4, -0.2) is 27.3 Å². The number of nitrogens with zero attached hydrogens (tertiary/aromatic N) is 1. The van der Waals surface area contributed by atoms with Gasteiger partial charge in [0.25, 0.3) is 0 Å². The number of rotatable bonds is 4. The van der Waals surface area contributed by atoms with Crippen LogP contribution in [-0.2, 0) is 6.54 Å². The highest BCUT2D eigenvalue weighted by Crippen LogP contribution is 2.32. The van der Waals surface area contributed by atoms with E-state index in [2.05, 4.69) is 41.5 Å². The summed E-state index contributed by atoms with van der Waals surface area (Å²) < 4.78 is 11.1. The third kappa shape index (κ3) is 2.89. The molecule has 0 amide bonds. The zero-order chi connectivity index (χ0) is 14.7. The lowest BCUT2D eigenvalue weighted by molar-refractivity contribution is 0.319. The Morgan fingerprint density at radius 2 is 2.10 bits per heavy atom. The van der Waals surface area contributed by atoms with Gasteiger partial charge >= 0.3 is 0 Å². The predicted molar refractivity (Wildman–Crippen MR) is 85.5 cm³/mol. The van der Waals surface area contributed by atoms with Crippen LogP contribution < -0.4 is 19.7 Å². The standard InChI is InChI=1S/C17H20N2O2/c1-19(14-6-4-7-15(11-14)20-2)12-13-5-3-8-16-17(13)21-10-9-18-16/h3-8,11,18H,9-10,12H2,1-2H3. The number of benzene rings is 2. The van der Waals surface area contributed by atoms with Crippen LogP contribution in [0.3, 0.4) is 0 Å². The summed E-state index contributed by atoms with van der Waals surface area (Å²) in [4.78, 5) is 2.19. The molecule has 0 atom stereocenters. The number of para-hydroxylation sites is 1. The van der Waals surface area contributed by atoms with Gasteiger partial charge in [-0.3, -0.25) is 0 Å². The SMILES string of the molecule is COc1cccc(N(C)Cc2cccc3c2OCCN3)c1. The van der Waals surface area contributed by atoms with E-state index in [-0.39, 0.29) is 0 Å². The molecule has 0 spiro atoms. The van der Waals surface area contributed by atoms with Gasteiger partial charge < -0.3 is 19.7 Å². The number of nitrogens with one attached hydrogen (secondary N) is 1. The van der Waals surface area contributed by atoms with E-state index in [9.17, 15) is 0 Å². The van der Waals surface area contributed by atoms with Gasteiger partial charge in [-0.05, 0) is 18.2 Å². The maximum Gasteiger partial charge on any atom is 0.147 e. The highest BCUT2D eigenvalue weighted by Gasteiger charge is 2.15. The van der Waals surface area contributed by atoms with Crippen molar-refractivity contribution in [2.45, 2.75) is 6.54 Å². The summed E-state index contributed by atoms with van der Waals surface area (Å²) in [6.45, 7) is 2.37. The molecule has 1 aliphatic heterocycles. The summed E-state index contributed by atoms with van der Waals surface area (Å²) in [5, 5.41) is 3.37. The molecule has 2 aromatic carbocycles. The number of hydrogen-bond donors (Lipinski definition) is 1. The number of anilines is 2. The minimum absolute atomic E-state index is 0.715. The first-order valence-electron chi connectivity index (χ1n) is 7.11. The molecule has 21 heavy (non-hydrogen) atoms. The summed E-state index contributed by atoms with van der Waals surface area (Å²) in [7, 11) is 3.76. The fourth-order valence-electron chi connectivity index (χ4n) is 2.55. The van der Waals surface area contributed by atoms with E-state index in [1.165, 1.54) is 5.56 Å². The summed E-state index contributed by atoms with van der Waals surface area (Å²) in [6.07, 6.45) is 0. The number of methoxy groups -OCH3 is 1. The van der Waals surface area contributed by atoms with Crippen LogP contribution in [0.1, 0.15) is 5.56 Å². The Morgan fingerprint density at radius 3 is 2.95 bits per heavy atom. The Kier molecular flexibility index (Phi) is 3.86. The molecule has 4 heteroatoms. The molecule has 2 aromatic rings. The Labute approximate surface area is 125 Å². The normalized spacial score (nSPS) is 12.9. The van der Waals surface area contributed by atoms with Crippen LogP contribution in [0.4, 0.5) is 11.4 Å². The molecule has 0 aromatic heterocycles. The van der Waals surface area contributed by atoms with Crippen molar-refractivity contribution in [2.24, 2.45) is 0 Å². The van der Waals surface area contributed by atoms with Crippen molar-refractivity contribution >= 4 is 11.4 Å². The summed E-state index contributed by atoms with van der Waals surface area (Å²) in [5.74, 6) is 1.84. The molecule has 110 valence electrons. The van der Waals surface area contributed by atoms with Gasteiger partial charge in [0.15, 0.2) is 0 Å². The van der Waals surface area contributed by atoms with E-state index in [0.29, 0.717) is 6.61 Å². The van der Waals surface area contributed by atoms with Crippen LogP contribution in [0, 0.1) is 0 Å². The molecule has 1 N–H and O–H groups in total. The third-order valence-electron chi connectivity index (χ3n) is 3.66. The van der Waals surface area contributed by atoms with Gasteiger partial charge in [0.2, 0.25) is 0 Å². The quantitative estimate of drug-likeness (QED) is 0.935. The third-order valence-corrected chi connectivity index (χ3v) is 3.66. The molecule has 1 heterocycles. The fourth-order valence-corrected chi connectivity index (χ4v) is 2.55. The number of fused-ring (bicyclic) bond motifs is 1. The zero-order valence-corrected chi connectivity index (χ0v) is 12.4. The number of hydrogen-bond acceptors (Lipinski definition) is 4. The van der Waals surface area contributed by atoms with E-state index >= 15 is 0 Å². The van der Waals surface area contributed by atoms with Crippen LogP contribution in [0.15, 0.2) is 42.5 Å². The molecule has 1 aliphatic rings. The second-order valence-electron chi connectivity index (χ2n) is 5.13. The molecule has 0 radical (unpaired) electrons. The first-order chi connectivity index (χ1) is 10.3. The molecular formula is C17H20N2O2. The second kappa shape index (κ2) is 5.95. The van der Waals surface area contributed by atoms with Crippen molar-refractivity contribution in [1.29, 1.82) is 0 Å². The molecule has 0 fully saturated rings. The maximum absolute atomic E-state index is 5.82. The number of ether oxygens (including phenoxy) is 2. The molecular weight excluding hydrogens is 264 g/mol. The van der Waals surface area contributed by atoms with Gasteiger partial charge in [0, 0.05) is 37.5 Å². The van der Waals surface area contributed by atoms with Crippen LogP contribution in [0.2, 0.25) is 0 Å².